The Morgan fingerprint density at radius 1 is 0.594 bits per heavy atom. The van der Waals surface area contributed by atoms with Crippen LogP contribution in [-0.4, -0.2) is 31.4 Å². The molecule has 8 nitrogen and oxygen atoms in total. The van der Waals surface area contributed by atoms with Crippen molar-refractivity contribution >= 4 is 24.8 Å². The van der Waals surface area contributed by atoms with Gasteiger partial charge in [-0.1, -0.05) is 70.6 Å². The van der Waals surface area contributed by atoms with Gasteiger partial charge in [-0.05, 0) is 24.8 Å². The lowest BCUT2D eigenvalue weighted by Gasteiger charge is -2.06. The van der Waals surface area contributed by atoms with Gasteiger partial charge in [0.05, 0.1) is 0 Å². The molecule has 0 aromatic carbocycles. The van der Waals surface area contributed by atoms with E-state index in [1.54, 1.807) is 0 Å². The summed E-state index contributed by atoms with van der Waals surface area (Å²) in [5.41, 5.74) is 11.0. The average molecular weight is 453 g/mol. The van der Waals surface area contributed by atoms with Crippen molar-refractivity contribution in [2.45, 2.75) is 96.3 Å². The highest BCUT2D eigenvalue weighted by molar-refractivity contribution is 5.86. The van der Waals surface area contributed by atoms with Crippen LogP contribution in [-0.2, 0) is 28.7 Å². The molecule has 4 N–H and O–H groups in total. The Bertz CT molecular complexity index is 601. The number of primary amides is 2. The van der Waals surface area contributed by atoms with Crippen molar-refractivity contribution in [2.24, 2.45) is 11.5 Å². The van der Waals surface area contributed by atoms with Crippen LogP contribution in [0.5, 0.6) is 0 Å². The summed E-state index contributed by atoms with van der Waals surface area (Å²) in [5.74, 6) is -0.776. The van der Waals surface area contributed by atoms with Gasteiger partial charge in [-0.3, -0.25) is 19.2 Å². The highest BCUT2D eigenvalue weighted by atomic mass is 16.5. The molecule has 0 heterocycles. The number of ether oxygens (including phenoxy) is 2. The maximum Gasteiger partial charge on any atom is 0.298 e. The molecule has 0 aliphatic carbocycles. The van der Waals surface area contributed by atoms with Gasteiger partial charge in [0, 0.05) is 18.6 Å². The van der Waals surface area contributed by atoms with E-state index in [1.807, 2.05) is 0 Å². The van der Waals surface area contributed by atoms with Gasteiger partial charge in [0.2, 0.25) is 11.8 Å². The maximum absolute atomic E-state index is 11.0. The number of unbranched alkanes of at least 4 members (excludes halogenated alkanes) is 12. The predicted molar refractivity (Wildman–Crippen MR) is 123 cm³/mol. The van der Waals surface area contributed by atoms with Gasteiger partial charge >= 0.3 is 0 Å². The lowest BCUT2D eigenvalue weighted by Crippen LogP contribution is -2.09. The fourth-order valence-corrected chi connectivity index (χ4v) is 3.51. The fourth-order valence-electron chi connectivity index (χ4n) is 3.51. The Kier molecular flexibility index (Phi) is 19.8. The van der Waals surface area contributed by atoms with E-state index in [9.17, 15) is 19.2 Å². The van der Waals surface area contributed by atoms with Crippen LogP contribution in [0.15, 0.2) is 23.5 Å². The molecule has 0 aromatic rings. The summed E-state index contributed by atoms with van der Waals surface area (Å²) in [6, 6.07) is 0. The van der Waals surface area contributed by atoms with Crippen LogP contribution in [0.4, 0.5) is 0 Å². The first-order chi connectivity index (χ1) is 15.5. The zero-order chi connectivity index (χ0) is 23.9. The average Bonchev–Trinajstić information content (AvgIpc) is 2.73. The largest absolute Gasteiger partial charge is 0.463 e. The standard InChI is InChI=1S/C24H40N2O6/c25-23(29)16-21(18-31-19-27)14-12-10-8-6-4-2-1-3-5-7-9-11-13-15-22(32-20-28)17-24(26)30/h16-17,19-20H,1-15,18H2,(H2,25,29)(H2,26,30). The summed E-state index contributed by atoms with van der Waals surface area (Å²) in [6.07, 6.45) is 18.7. The molecule has 8 heteroatoms. The minimum atomic E-state index is -0.602. The lowest BCUT2D eigenvalue weighted by molar-refractivity contribution is -0.128. The van der Waals surface area contributed by atoms with Crippen LogP contribution in [0.2, 0.25) is 0 Å². The minimum Gasteiger partial charge on any atom is -0.463 e. The highest BCUT2D eigenvalue weighted by Crippen LogP contribution is 2.16. The van der Waals surface area contributed by atoms with Crippen molar-refractivity contribution < 1.29 is 28.7 Å². The van der Waals surface area contributed by atoms with Crippen molar-refractivity contribution in [3.8, 4) is 0 Å². The zero-order valence-corrected chi connectivity index (χ0v) is 19.2. The Balaban J connectivity index is 3.52. The zero-order valence-electron chi connectivity index (χ0n) is 19.2. The van der Waals surface area contributed by atoms with Crippen LogP contribution in [0.25, 0.3) is 0 Å². The number of rotatable bonds is 23. The lowest BCUT2D eigenvalue weighted by atomic mass is 10.0. The van der Waals surface area contributed by atoms with Crippen molar-refractivity contribution in [3.63, 3.8) is 0 Å². The fraction of sp³-hybridized carbons (Fsp3) is 0.667. The topological polar surface area (TPSA) is 139 Å². The molecule has 0 unspecified atom stereocenters. The molecule has 0 aliphatic rings. The molecule has 0 rings (SSSR count). The van der Waals surface area contributed by atoms with Crippen molar-refractivity contribution in [1.82, 2.24) is 0 Å². The second-order valence-corrected chi connectivity index (χ2v) is 7.94. The third kappa shape index (κ3) is 20.6. The van der Waals surface area contributed by atoms with Crippen LogP contribution < -0.4 is 11.5 Å². The first-order valence-corrected chi connectivity index (χ1v) is 11.6. The van der Waals surface area contributed by atoms with Crippen LogP contribution >= 0.6 is 0 Å². The van der Waals surface area contributed by atoms with E-state index in [4.69, 9.17) is 20.9 Å². The first-order valence-electron chi connectivity index (χ1n) is 11.6. The molecular weight excluding hydrogens is 412 g/mol. The number of nitrogens with two attached hydrogens (primary N) is 2. The molecule has 2 amide bonds. The smallest absolute Gasteiger partial charge is 0.298 e. The molecule has 0 spiro atoms. The van der Waals surface area contributed by atoms with E-state index < -0.39 is 11.8 Å². The Labute approximate surface area is 191 Å². The van der Waals surface area contributed by atoms with E-state index in [0.29, 0.717) is 25.1 Å². The minimum absolute atomic E-state index is 0.133. The summed E-state index contributed by atoms with van der Waals surface area (Å²) in [5, 5.41) is 0. The van der Waals surface area contributed by atoms with E-state index in [-0.39, 0.29) is 6.61 Å². The second-order valence-electron chi connectivity index (χ2n) is 7.94. The van der Waals surface area contributed by atoms with Crippen LogP contribution in [0, 0.1) is 0 Å². The van der Waals surface area contributed by atoms with Crippen LogP contribution in [0.1, 0.15) is 96.3 Å². The number of carbonyl (C=O) groups excluding carboxylic acids is 4. The van der Waals surface area contributed by atoms with Gasteiger partial charge < -0.3 is 20.9 Å². The summed E-state index contributed by atoms with van der Waals surface area (Å²) >= 11 is 0. The Morgan fingerprint density at radius 2 is 1.03 bits per heavy atom. The molecule has 182 valence electrons. The molecule has 0 aromatic heterocycles. The normalized spacial score (nSPS) is 11.8. The summed E-state index contributed by atoms with van der Waals surface area (Å²) in [6.45, 7) is 0.833. The third-order valence-corrected chi connectivity index (χ3v) is 5.11. The van der Waals surface area contributed by atoms with Crippen molar-refractivity contribution in [1.29, 1.82) is 0 Å². The molecule has 0 aliphatic heterocycles. The third-order valence-electron chi connectivity index (χ3n) is 5.11. The summed E-state index contributed by atoms with van der Waals surface area (Å²) in [7, 11) is 0. The number of hydrogen-bond acceptors (Lipinski definition) is 6. The predicted octanol–water partition coefficient (Wildman–Crippen LogP) is 3.96. The molecule has 0 saturated heterocycles. The van der Waals surface area contributed by atoms with Crippen molar-refractivity contribution in [2.75, 3.05) is 6.61 Å². The van der Waals surface area contributed by atoms with E-state index in [2.05, 4.69) is 0 Å². The molecule has 0 bridgehead atoms. The van der Waals surface area contributed by atoms with E-state index >= 15 is 0 Å². The molecular formula is C24H40N2O6. The van der Waals surface area contributed by atoms with Gasteiger partial charge in [-0.15, -0.1) is 0 Å². The maximum atomic E-state index is 11.0. The van der Waals surface area contributed by atoms with Gasteiger partial charge in [-0.25, -0.2) is 0 Å². The molecule has 0 atom stereocenters. The number of amides is 2. The number of allylic oxidation sites excluding steroid dienone is 1. The van der Waals surface area contributed by atoms with E-state index in [1.165, 1.54) is 57.4 Å². The molecule has 0 fully saturated rings. The Hall–Kier alpha value is -2.64. The van der Waals surface area contributed by atoms with Gasteiger partial charge in [0.1, 0.15) is 12.4 Å². The SMILES string of the molecule is NC(=O)C=C(CCCCCCCCCCCCCCCC(=CC(N)=O)OC=O)COC=O. The second kappa shape index (κ2) is 21.6. The Morgan fingerprint density at radius 3 is 1.44 bits per heavy atom. The van der Waals surface area contributed by atoms with Gasteiger partial charge in [-0.2, -0.15) is 0 Å². The number of carbonyl (C=O) groups is 4. The molecule has 0 saturated carbocycles. The number of hydrogen-bond donors (Lipinski definition) is 2. The first kappa shape index (κ1) is 29.4. The summed E-state index contributed by atoms with van der Waals surface area (Å²) in [4.78, 5) is 42.5. The summed E-state index contributed by atoms with van der Waals surface area (Å²) < 4.78 is 9.45. The highest BCUT2D eigenvalue weighted by Gasteiger charge is 2.02. The monoisotopic (exact) mass is 452 g/mol. The van der Waals surface area contributed by atoms with Gasteiger partial charge in [0.25, 0.3) is 12.9 Å². The molecule has 0 radical (unpaired) electrons. The van der Waals surface area contributed by atoms with E-state index in [0.717, 1.165) is 50.2 Å². The molecule has 32 heavy (non-hydrogen) atoms. The van der Waals surface area contributed by atoms with Crippen molar-refractivity contribution in [3.05, 3.63) is 23.5 Å². The van der Waals surface area contributed by atoms with Crippen LogP contribution in [0.3, 0.4) is 0 Å². The van der Waals surface area contributed by atoms with Gasteiger partial charge in [0.15, 0.2) is 0 Å². The quantitative estimate of drug-likeness (QED) is 0.104.